The Labute approximate surface area is 275 Å². The van der Waals surface area contributed by atoms with Gasteiger partial charge in [-0.2, -0.15) is 0 Å². The summed E-state index contributed by atoms with van der Waals surface area (Å²) in [6.45, 7) is 4.00. The van der Waals surface area contributed by atoms with Gasteiger partial charge in [0.2, 0.25) is 23.6 Å². The number of Topliss-reactive ketones (excluding diaryl/α,β-unsaturated/α-hetero) is 2. The van der Waals surface area contributed by atoms with Crippen molar-refractivity contribution < 1.29 is 48.6 Å². The van der Waals surface area contributed by atoms with Crippen molar-refractivity contribution in [3.63, 3.8) is 0 Å². The van der Waals surface area contributed by atoms with E-state index in [4.69, 9.17) is 33.1 Å². The van der Waals surface area contributed by atoms with Gasteiger partial charge in [0.15, 0.2) is 11.6 Å². The van der Waals surface area contributed by atoms with Gasteiger partial charge in [0.1, 0.15) is 6.04 Å². The van der Waals surface area contributed by atoms with Gasteiger partial charge in [0.05, 0.1) is 30.5 Å². The molecule has 4 amide bonds. The van der Waals surface area contributed by atoms with Crippen LogP contribution in [0.15, 0.2) is 0 Å². The third-order valence-electron chi connectivity index (χ3n) is 7.34. The van der Waals surface area contributed by atoms with Crippen LogP contribution in [0, 0.1) is 17.8 Å². The summed E-state index contributed by atoms with van der Waals surface area (Å²) in [6.07, 6.45) is -0.620. The number of primary amides is 2. The Morgan fingerprint density at radius 1 is 0.891 bits per heavy atom. The SMILES string of the molecule is CC(C)C[C@H](CC(=O)[C@@H]1CCCN1C(=O)[C@H](CSSC[C@H](N)C(=O)O)CC(=O)[C@H](CC(N)=O)NC(=O)[C@@H](N)CCC(=O)O)C(N)=O. The Kier molecular flexibility index (Phi) is 17.8. The first kappa shape index (κ1) is 40.8. The van der Waals surface area contributed by atoms with Crippen molar-refractivity contribution in [2.24, 2.45) is 40.7 Å². The molecule has 1 fully saturated rings. The van der Waals surface area contributed by atoms with E-state index in [1.54, 1.807) is 0 Å². The van der Waals surface area contributed by atoms with E-state index in [0.29, 0.717) is 19.3 Å². The summed E-state index contributed by atoms with van der Waals surface area (Å²) in [5.74, 6) is -8.08. The van der Waals surface area contributed by atoms with E-state index in [1.807, 2.05) is 13.8 Å². The lowest BCUT2D eigenvalue weighted by molar-refractivity contribution is -0.142. The van der Waals surface area contributed by atoms with Crippen molar-refractivity contribution in [2.75, 3.05) is 18.1 Å². The number of ketones is 2. The number of hydrogen-bond donors (Lipinski definition) is 7. The van der Waals surface area contributed by atoms with Crippen molar-refractivity contribution >= 4 is 68.7 Å². The molecule has 0 radical (unpaired) electrons. The van der Waals surface area contributed by atoms with Crippen LogP contribution in [0.2, 0.25) is 0 Å². The Balaban J connectivity index is 3.19. The molecule has 16 nitrogen and oxygen atoms in total. The summed E-state index contributed by atoms with van der Waals surface area (Å²) >= 11 is 0. The number of hydrogen-bond acceptors (Lipinski definition) is 12. The molecule has 1 heterocycles. The molecule has 260 valence electrons. The first-order valence-electron chi connectivity index (χ1n) is 14.9. The fraction of sp³-hybridized carbons (Fsp3) is 0.714. The molecule has 0 spiro atoms. The van der Waals surface area contributed by atoms with Gasteiger partial charge in [-0.15, -0.1) is 0 Å². The first-order valence-corrected chi connectivity index (χ1v) is 17.4. The van der Waals surface area contributed by atoms with Crippen molar-refractivity contribution in [3.05, 3.63) is 0 Å². The predicted octanol–water partition coefficient (Wildman–Crippen LogP) is -0.995. The second-order valence-corrected chi connectivity index (χ2v) is 14.3. The Morgan fingerprint density at radius 2 is 1.52 bits per heavy atom. The van der Waals surface area contributed by atoms with E-state index in [-0.39, 0.29) is 42.6 Å². The first-order chi connectivity index (χ1) is 21.4. The minimum atomic E-state index is -1.46. The second-order valence-electron chi connectivity index (χ2n) is 11.7. The molecule has 1 aliphatic heterocycles. The largest absolute Gasteiger partial charge is 0.481 e. The van der Waals surface area contributed by atoms with E-state index >= 15 is 0 Å². The maximum absolute atomic E-state index is 13.9. The third kappa shape index (κ3) is 14.5. The average Bonchev–Trinajstić information content (AvgIpc) is 3.45. The number of nitrogens with one attached hydrogen (secondary N) is 1. The summed E-state index contributed by atoms with van der Waals surface area (Å²) < 4.78 is 0. The van der Waals surface area contributed by atoms with E-state index < -0.39 is 96.6 Å². The van der Waals surface area contributed by atoms with Gasteiger partial charge in [-0.05, 0) is 31.6 Å². The Bertz CT molecular complexity index is 1140. The van der Waals surface area contributed by atoms with E-state index in [0.717, 1.165) is 21.6 Å². The van der Waals surface area contributed by atoms with Crippen LogP contribution in [-0.4, -0.2) is 104 Å². The second kappa shape index (κ2) is 20.1. The van der Waals surface area contributed by atoms with E-state index in [2.05, 4.69) is 5.32 Å². The highest BCUT2D eigenvalue weighted by Crippen LogP contribution is 2.30. The minimum Gasteiger partial charge on any atom is -0.481 e. The number of nitrogens with two attached hydrogens (primary N) is 4. The normalized spacial score (nSPS) is 17.8. The van der Waals surface area contributed by atoms with E-state index in [1.165, 1.54) is 4.90 Å². The molecule has 0 saturated carbocycles. The summed E-state index contributed by atoms with van der Waals surface area (Å²) in [6, 6.07) is -4.76. The van der Waals surface area contributed by atoms with Crippen LogP contribution < -0.4 is 28.3 Å². The zero-order chi connectivity index (χ0) is 35.1. The van der Waals surface area contributed by atoms with Gasteiger partial charge < -0.3 is 43.4 Å². The molecule has 18 heteroatoms. The smallest absolute Gasteiger partial charge is 0.321 e. The topological polar surface area (TPSA) is 296 Å². The fourth-order valence-electron chi connectivity index (χ4n) is 4.91. The minimum absolute atomic E-state index is 0.00136. The number of nitrogens with zero attached hydrogens (tertiary/aromatic N) is 1. The quantitative estimate of drug-likeness (QED) is 0.0500. The molecule has 0 aliphatic carbocycles. The maximum Gasteiger partial charge on any atom is 0.321 e. The van der Waals surface area contributed by atoms with Crippen LogP contribution in [0.5, 0.6) is 0 Å². The highest BCUT2D eigenvalue weighted by atomic mass is 33.1. The molecule has 0 bridgehead atoms. The molecule has 6 atom stereocenters. The number of amides is 4. The molecule has 1 saturated heterocycles. The highest BCUT2D eigenvalue weighted by Gasteiger charge is 2.39. The van der Waals surface area contributed by atoms with Crippen LogP contribution in [0.4, 0.5) is 0 Å². The zero-order valence-corrected chi connectivity index (χ0v) is 27.7. The van der Waals surface area contributed by atoms with Crippen molar-refractivity contribution in [1.82, 2.24) is 10.2 Å². The van der Waals surface area contributed by atoms with Crippen molar-refractivity contribution in [1.29, 1.82) is 0 Å². The van der Waals surface area contributed by atoms with Crippen LogP contribution in [0.3, 0.4) is 0 Å². The molecule has 46 heavy (non-hydrogen) atoms. The van der Waals surface area contributed by atoms with Crippen molar-refractivity contribution in [2.45, 2.75) is 89.4 Å². The van der Waals surface area contributed by atoms with Gasteiger partial charge in [-0.1, -0.05) is 35.4 Å². The lowest BCUT2D eigenvalue weighted by atomic mass is 9.89. The Morgan fingerprint density at radius 3 is 2.07 bits per heavy atom. The lowest BCUT2D eigenvalue weighted by Crippen LogP contribution is -2.51. The zero-order valence-electron chi connectivity index (χ0n) is 26.1. The van der Waals surface area contributed by atoms with Crippen LogP contribution in [0.1, 0.15) is 65.2 Å². The molecular formula is C28H46N6O10S2. The number of carbonyl (C=O) groups excluding carboxylic acids is 6. The lowest BCUT2D eigenvalue weighted by Gasteiger charge is -2.29. The van der Waals surface area contributed by atoms with Gasteiger partial charge in [0.25, 0.3) is 0 Å². The Hall–Kier alpha value is -3.22. The molecule has 0 aromatic heterocycles. The summed E-state index contributed by atoms with van der Waals surface area (Å²) in [5, 5.41) is 20.2. The third-order valence-corrected chi connectivity index (χ3v) is 9.86. The van der Waals surface area contributed by atoms with Crippen LogP contribution in [0.25, 0.3) is 0 Å². The number of carbonyl (C=O) groups is 8. The summed E-state index contributed by atoms with van der Waals surface area (Å²) in [4.78, 5) is 100. The highest BCUT2D eigenvalue weighted by molar-refractivity contribution is 8.76. The number of carboxylic acids is 2. The monoisotopic (exact) mass is 690 g/mol. The number of aliphatic carboxylic acids is 2. The molecule has 0 aromatic rings. The van der Waals surface area contributed by atoms with Crippen molar-refractivity contribution in [3.8, 4) is 0 Å². The van der Waals surface area contributed by atoms with Gasteiger partial charge in [-0.25, -0.2) is 0 Å². The summed E-state index contributed by atoms with van der Waals surface area (Å²) in [5.41, 5.74) is 22.1. The molecule has 0 aromatic carbocycles. The molecule has 11 N–H and O–H groups in total. The predicted molar refractivity (Wildman–Crippen MR) is 171 cm³/mol. The molecule has 1 rings (SSSR count). The number of likely N-dealkylation sites (tertiary alicyclic amines) is 1. The maximum atomic E-state index is 13.9. The molecule has 1 aliphatic rings. The molecule has 0 unspecified atom stereocenters. The molecular weight excluding hydrogens is 644 g/mol. The standard InChI is InChI=1S/C28H46N6O10S2/c1-14(2)8-15(25(32)40)9-22(36)20-4-3-7-34(20)27(42)16(12-45-46-13-18(30)28(43)44)10-21(35)19(11-23(31)37)33-26(41)17(29)5-6-24(38)39/h14-20H,3-13,29-30H2,1-2H3,(H2,31,37)(H2,32,40)(H,33,41)(H,38,39)(H,43,44)/t15-,16+,17+,18+,19+,20+/m1/s1. The van der Waals surface area contributed by atoms with Crippen LogP contribution in [-0.2, 0) is 38.4 Å². The fourth-order valence-corrected chi connectivity index (χ4v) is 7.33. The number of carboxylic acid groups (broad SMARTS) is 2. The van der Waals surface area contributed by atoms with Gasteiger partial charge >= 0.3 is 11.9 Å². The van der Waals surface area contributed by atoms with Gasteiger partial charge in [0, 0.05) is 43.2 Å². The van der Waals surface area contributed by atoms with Crippen LogP contribution >= 0.6 is 21.6 Å². The summed E-state index contributed by atoms with van der Waals surface area (Å²) in [7, 11) is 2.17. The van der Waals surface area contributed by atoms with E-state index in [9.17, 15) is 38.4 Å². The van der Waals surface area contributed by atoms with Gasteiger partial charge in [-0.3, -0.25) is 38.4 Å². The number of rotatable bonds is 23. The average molecular weight is 691 g/mol.